The van der Waals surface area contributed by atoms with Crippen molar-refractivity contribution in [3.05, 3.63) is 77.0 Å². The van der Waals surface area contributed by atoms with Crippen molar-refractivity contribution in [2.75, 3.05) is 6.54 Å². The second kappa shape index (κ2) is 6.74. The van der Waals surface area contributed by atoms with Crippen molar-refractivity contribution in [1.29, 1.82) is 0 Å². The Morgan fingerprint density at radius 2 is 1.91 bits per heavy atom. The smallest absolute Gasteiger partial charge is 0.287 e. The maximum Gasteiger partial charge on any atom is 0.287 e. The van der Waals surface area contributed by atoms with Crippen LogP contribution in [-0.4, -0.2) is 22.2 Å². The zero-order valence-corrected chi connectivity index (χ0v) is 12.3. The molecule has 0 unspecified atom stereocenters. The highest BCUT2D eigenvalue weighted by molar-refractivity contribution is 5.91. The zero-order chi connectivity index (χ0) is 16.1. The molecule has 0 aliphatic carbocycles. The average molecular weight is 309 g/mol. The van der Waals surface area contributed by atoms with Crippen LogP contribution in [0.15, 0.2) is 70.1 Å². The van der Waals surface area contributed by atoms with Gasteiger partial charge in [-0.3, -0.25) is 9.59 Å². The molecule has 6 nitrogen and oxygen atoms in total. The Kier molecular flexibility index (Phi) is 4.33. The Morgan fingerprint density at radius 1 is 1.09 bits per heavy atom. The molecule has 0 aliphatic heterocycles. The van der Waals surface area contributed by atoms with Crippen molar-refractivity contribution in [2.24, 2.45) is 0 Å². The standard InChI is InChI=1S/C17H15N3O3/c21-16-9-8-14(13-5-2-1-3-6-13)19-20(16)11-10-18-17(22)15-7-4-12-23-15/h1-9,12H,10-11H2,(H,18,22). The fraction of sp³-hybridized carbons (Fsp3) is 0.118. The summed E-state index contributed by atoms with van der Waals surface area (Å²) in [6.45, 7) is 0.566. The molecule has 3 aromatic rings. The first kappa shape index (κ1) is 14.8. The summed E-state index contributed by atoms with van der Waals surface area (Å²) < 4.78 is 6.34. The molecule has 1 N–H and O–H groups in total. The van der Waals surface area contributed by atoms with Gasteiger partial charge in [0.2, 0.25) is 0 Å². The van der Waals surface area contributed by atoms with Gasteiger partial charge in [0, 0.05) is 18.2 Å². The molecular weight excluding hydrogens is 294 g/mol. The van der Waals surface area contributed by atoms with Gasteiger partial charge in [-0.1, -0.05) is 30.3 Å². The minimum absolute atomic E-state index is 0.211. The molecule has 1 amide bonds. The predicted molar refractivity (Wildman–Crippen MR) is 85.0 cm³/mol. The van der Waals surface area contributed by atoms with Crippen LogP contribution in [-0.2, 0) is 6.54 Å². The molecule has 6 heteroatoms. The van der Waals surface area contributed by atoms with Gasteiger partial charge < -0.3 is 9.73 Å². The van der Waals surface area contributed by atoms with Crippen molar-refractivity contribution in [3.8, 4) is 11.3 Å². The van der Waals surface area contributed by atoms with E-state index in [9.17, 15) is 9.59 Å². The summed E-state index contributed by atoms with van der Waals surface area (Å²) in [5.41, 5.74) is 1.43. The second-order valence-corrected chi connectivity index (χ2v) is 4.88. The number of carbonyl (C=O) groups excluding carboxylic acids is 1. The number of rotatable bonds is 5. The number of aromatic nitrogens is 2. The Morgan fingerprint density at radius 3 is 2.65 bits per heavy atom. The van der Waals surface area contributed by atoms with Crippen LogP contribution in [0.4, 0.5) is 0 Å². The van der Waals surface area contributed by atoms with E-state index in [4.69, 9.17) is 4.42 Å². The molecule has 1 aromatic carbocycles. The van der Waals surface area contributed by atoms with E-state index >= 15 is 0 Å². The van der Waals surface area contributed by atoms with Crippen LogP contribution < -0.4 is 10.9 Å². The van der Waals surface area contributed by atoms with Gasteiger partial charge in [0.1, 0.15) is 0 Å². The van der Waals surface area contributed by atoms with E-state index in [1.165, 1.54) is 17.0 Å². The maximum absolute atomic E-state index is 11.9. The SMILES string of the molecule is O=C(NCCn1nc(-c2ccccc2)ccc1=O)c1ccco1. The fourth-order valence-electron chi connectivity index (χ4n) is 2.14. The molecule has 0 bridgehead atoms. The maximum atomic E-state index is 11.9. The highest BCUT2D eigenvalue weighted by Crippen LogP contribution is 2.13. The van der Waals surface area contributed by atoms with Crippen LogP contribution in [0.2, 0.25) is 0 Å². The lowest BCUT2D eigenvalue weighted by Crippen LogP contribution is -2.31. The molecule has 2 aromatic heterocycles. The molecule has 0 saturated heterocycles. The van der Waals surface area contributed by atoms with E-state index in [0.717, 1.165) is 5.56 Å². The third kappa shape index (κ3) is 3.55. The first-order valence-electron chi connectivity index (χ1n) is 7.19. The molecule has 0 saturated carbocycles. The summed E-state index contributed by atoms with van der Waals surface area (Å²) in [5.74, 6) is -0.0781. The zero-order valence-electron chi connectivity index (χ0n) is 12.3. The molecule has 0 radical (unpaired) electrons. The lowest BCUT2D eigenvalue weighted by molar-refractivity contribution is 0.0924. The summed E-state index contributed by atoms with van der Waals surface area (Å²) in [5, 5.41) is 7.02. The van der Waals surface area contributed by atoms with E-state index in [1.54, 1.807) is 18.2 Å². The number of furan rings is 1. The summed E-state index contributed by atoms with van der Waals surface area (Å²) in [6.07, 6.45) is 1.43. The van der Waals surface area contributed by atoms with Gasteiger partial charge in [-0.2, -0.15) is 5.10 Å². The van der Waals surface area contributed by atoms with Crippen molar-refractivity contribution in [2.45, 2.75) is 6.54 Å². The molecule has 116 valence electrons. The van der Waals surface area contributed by atoms with Gasteiger partial charge >= 0.3 is 0 Å². The van der Waals surface area contributed by atoms with Gasteiger partial charge in [-0.15, -0.1) is 0 Å². The normalized spacial score (nSPS) is 10.4. The van der Waals surface area contributed by atoms with E-state index in [2.05, 4.69) is 10.4 Å². The van der Waals surface area contributed by atoms with Gasteiger partial charge in [0.15, 0.2) is 5.76 Å². The summed E-state index contributed by atoms with van der Waals surface area (Å²) in [4.78, 5) is 23.6. The molecule has 2 heterocycles. The van der Waals surface area contributed by atoms with E-state index in [0.29, 0.717) is 5.69 Å². The molecule has 0 atom stereocenters. The van der Waals surface area contributed by atoms with E-state index in [-0.39, 0.29) is 30.3 Å². The van der Waals surface area contributed by atoms with Gasteiger partial charge in [0.25, 0.3) is 11.5 Å². The van der Waals surface area contributed by atoms with Crippen LogP contribution in [0.1, 0.15) is 10.6 Å². The predicted octanol–water partition coefficient (Wildman–Crippen LogP) is 1.93. The highest BCUT2D eigenvalue weighted by Gasteiger charge is 2.08. The van der Waals surface area contributed by atoms with Crippen molar-refractivity contribution < 1.29 is 9.21 Å². The Bertz CT molecular complexity index is 839. The van der Waals surface area contributed by atoms with Crippen molar-refractivity contribution >= 4 is 5.91 Å². The molecular formula is C17H15N3O3. The summed E-state index contributed by atoms with van der Waals surface area (Å²) >= 11 is 0. The number of nitrogens with one attached hydrogen (secondary N) is 1. The fourth-order valence-corrected chi connectivity index (χ4v) is 2.14. The highest BCUT2D eigenvalue weighted by atomic mass is 16.3. The third-order valence-corrected chi connectivity index (χ3v) is 3.29. The molecule has 23 heavy (non-hydrogen) atoms. The Balaban J connectivity index is 1.68. The van der Waals surface area contributed by atoms with Crippen LogP contribution in [0.25, 0.3) is 11.3 Å². The average Bonchev–Trinajstić information content (AvgIpc) is 3.12. The Labute approximate surface area is 132 Å². The van der Waals surface area contributed by atoms with Crippen LogP contribution in [0, 0.1) is 0 Å². The monoisotopic (exact) mass is 309 g/mol. The topological polar surface area (TPSA) is 77.1 Å². The third-order valence-electron chi connectivity index (χ3n) is 3.29. The summed E-state index contributed by atoms with van der Waals surface area (Å²) in [7, 11) is 0. The van der Waals surface area contributed by atoms with Crippen LogP contribution in [0.3, 0.4) is 0 Å². The first-order chi connectivity index (χ1) is 11.2. The molecule has 0 spiro atoms. The molecule has 0 aliphatic rings. The minimum Gasteiger partial charge on any atom is -0.459 e. The number of benzene rings is 1. The largest absolute Gasteiger partial charge is 0.459 e. The Hall–Kier alpha value is -3.15. The number of amides is 1. The van der Waals surface area contributed by atoms with E-state index < -0.39 is 0 Å². The van der Waals surface area contributed by atoms with Gasteiger partial charge in [-0.25, -0.2) is 4.68 Å². The van der Waals surface area contributed by atoms with Gasteiger partial charge in [0.05, 0.1) is 18.5 Å². The molecule has 0 fully saturated rings. The van der Waals surface area contributed by atoms with Gasteiger partial charge in [-0.05, 0) is 18.2 Å². The lowest BCUT2D eigenvalue weighted by Gasteiger charge is -2.08. The quantitative estimate of drug-likeness (QED) is 0.781. The van der Waals surface area contributed by atoms with Crippen LogP contribution in [0.5, 0.6) is 0 Å². The van der Waals surface area contributed by atoms with Crippen molar-refractivity contribution in [3.63, 3.8) is 0 Å². The summed E-state index contributed by atoms with van der Waals surface area (Å²) in [6, 6.07) is 16.0. The first-order valence-corrected chi connectivity index (χ1v) is 7.19. The second-order valence-electron chi connectivity index (χ2n) is 4.88. The van der Waals surface area contributed by atoms with Crippen LogP contribution >= 0.6 is 0 Å². The number of hydrogen-bond acceptors (Lipinski definition) is 4. The number of hydrogen-bond donors (Lipinski definition) is 1. The van der Waals surface area contributed by atoms with Crippen molar-refractivity contribution in [1.82, 2.24) is 15.1 Å². The molecule has 3 rings (SSSR count). The minimum atomic E-state index is -0.317. The van der Waals surface area contributed by atoms with E-state index in [1.807, 2.05) is 30.3 Å². The number of nitrogens with zero attached hydrogens (tertiary/aromatic N) is 2. The lowest BCUT2D eigenvalue weighted by atomic mass is 10.1. The number of carbonyl (C=O) groups is 1.